The number of aliphatic hydroxyl groups is 1. The van der Waals surface area contributed by atoms with E-state index in [4.69, 9.17) is 4.42 Å². The predicted molar refractivity (Wildman–Crippen MR) is 70.0 cm³/mol. The van der Waals surface area contributed by atoms with Gasteiger partial charge >= 0.3 is 0 Å². The average molecular weight is 256 g/mol. The van der Waals surface area contributed by atoms with Crippen LogP contribution in [0.3, 0.4) is 0 Å². The predicted octanol–water partition coefficient (Wildman–Crippen LogP) is 2.93. The van der Waals surface area contributed by atoms with E-state index in [-0.39, 0.29) is 17.3 Å². The van der Waals surface area contributed by atoms with E-state index in [2.05, 4.69) is 0 Å². The second kappa shape index (κ2) is 4.33. The summed E-state index contributed by atoms with van der Waals surface area (Å²) in [5.41, 5.74) is 0.962. The van der Waals surface area contributed by atoms with E-state index in [0.29, 0.717) is 16.5 Å². The standard InChI is InChI=1S/C15H12O4/c16-10-6-7-11-12(8-10)19-15(14(11)18)13(17)9-4-2-1-3-5-9/h1-8,13,16-18H. The number of hydrogen-bond acceptors (Lipinski definition) is 4. The lowest BCUT2D eigenvalue weighted by Gasteiger charge is -2.07. The Kier molecular flexibility index (Phi) is 2.65. The first-order valence-electron chi connectivity index (χ1n) is 5.84. The van der Waals surface area contributed by atoms with Crippen LogP contribution >= 0.6 is 0 Å². The number of hydrogen-bond donors (Lipinski definition) is 3. The highest BCUT2D eigenvalue weighted by atomic mass is 16.4. The van der Waals surface area contributed by atoms with Gasteiger partial charge in [-0.15, -0.1) is 0 Å². The monoisotopic (exact) mass is 256 g/mol. The minimum absolute atomic E-state index is 0.0435. The van der Waals surface area contributed by atoms with Crippen molar-refractivity contribution in [2.24, 2.45) is 0 Å². The van der Waals surface area contributed by atoms with Crippen LogP contribution in [-0.4, -0.2) is 15.3 Å². The molecule has 1 unspecified atom stereocenters. The summed E-state index contributed by atoms with van der Waals surface area (Å²) >= 11 is 0. The summed E-state index contributed by atoms with van der Waals surface area (Å²) in [6.45, 7) is 0. The van der Waals surface area contributed by atoms with Gasteiger partial charge in [-0.2, -0.15) is 0 Å². The lowest BCUT2D eigenvalue weighted by atomic mass is 10.1. The molecule has 0 aliphatic heterocycles. The molecule has 0 saturated heterocycles. The molecule has 0 radical (unpaired) electrons. The molecule has 0 aliphatic rings. The second-order valence-electron chi connectivity index (χ2n) is 4.31. The van der Waals surface area contributed by atoms with Crippen molar-refractivity contribution in [3.05, 3.63) is 59.9 Å². The largest absolute Gasteiger partial charge is 0.508 e. The summed E-state index contributed by atoms with van der Waals surface area (Å²) < 4.78 is 5.44. The Morgan fingerprint density at radius 3 is 2.42 bits per heavy atom. The SMILES string of the molecule is Oc1ccc2c(O)c(C(O)c3ccccc3)oc2c1. The molecule has 2 aromatic carbocycles. The van der Waals surface area contributed by atoms with Crippen LogP contribution in [0.5, 0.6) is 11.5 Å². The number of aromatic hydroxyl groups is 2. The molecule has 1 atom stereocenters. The number of benzene rings is 2. The molecule has 1 heterocycles. The van der Waals surface area contributed by atoms with Gasteiger partial charge in [-0.25, -0.2) is 0 Å². The van der Waals surface area contributed by atoms with Gasteiger partial charge in [-0.3, -0.25) is 0 Å². The van der Waals surface area contributed by atoms with Crippen LogP contribution < -0.4 is 0 Å². The molecule has 0 fully saturated rings. The molecule has 3 aromatic rings. The molecule has 19 heavy (non-hydrogen) atoms. The van der Waals surface area contributed by atoms with Crippen LogP contribution in [0.1, 0.15) is 17.4 Å². The molecule has 0 saturated carbocycles. The molecule has 0 amide bonds. The van der Waals surface area contributed by atoms with Gasteiger partial charge in [-0.1, -0.05) is 30.3 Å². The van der Waals surface area contributed by atoms with E-state index in [1.54, 1.807) is 30.3 Å². The summed E-state index contributed by atoms with van der Waals surface area (Å²) in [6, 6.07) is 13.3. The van der Waals surface area contributed by atoms with E-state index < -0.39 is 6.10 Å². The third-order valence-corrected chi connectivity index (χ3v) is 3.04. The quantitative estimate of drug-likeness (QED) is 0.659. The van der Waals surface area contributed by atoms with Crippen LogP contribution in [0.2, 0.25) is 0 Å². The molecule has 1 aromatic heterocycles. The van der Waals surface area contributed by atoms with Gasteiger partial charge in [0.1, 0.15) is 17.4 Å². The molecule has 4 heteroatoms. The number of phenols is 1. The fourth-order valence-corrected chi connectivity index (χ4v) is 2.06. The van der Waals surface area contributed by atoms with Gasteiger partial charge in [0, 0.05) is 6.07 Å². The highest BCUT2D eigenvalue weighted by Crippen LogP contribution is 2.39. The maximum Gasteiger partial charge on any atom is 0.179 e. The molecular weight excluding hydrogens is 244 g/mol. The van der Waals surface area contributed by atoms with E-state index >= 15 is 0 Å². The Morgan fingerprint density at radius 1 is 0.947 bits per heavy atom. The molecule has 0 bridgehead atoms. The van der Waals surface area contributed by atoms with Gasteiger partial charge < -0.3 is 19.7 Å². The zero-order chi connectivity index (χ0) is 13.4. The fourth-order valence-electron chi connectivity index (χ4n) is 2.06. The number of fused-ring (bicyclic) bond motifs is 1. The number of furan rings is 1. The fraction of sp³-hybridized carbons (Fsp3) is 0.0667. The first-order chi connectivity index (χ1) is 9.16. The van der Waals surface area contributed by atoms with E-state index in [0.717, 1.165) is 0 Å². The van der Waals surface area contributed by atoms with Crippen LogP contribution in [0.25, 0.3) is 11.0 Å². The zero-order valence-corrected chi connectivity index (χ0v) is 9.95. The number of rotatable bonds is 2. The van der Waals surface area contributed by atoms with Gasteiger partial charge in [-0.05, 0) is 17.7 Å². The van der Waals surface area contributed by atoms with Gasteiger partial charge in [0.05, 0.1) is 5.39 Å². The first-order valence-corrected chi connectivity index (χ1v) is 5.84. The van der Waals surface area contributed by atoms with Crippen molar-refractivity contribution in [2.75, 3.05) is 0 Å². The van der Waals surface area contributed by atoms with Crippen molar-refractivity contribution in [1.29, 1.82) is 0 Å². The molecule has 0 spiro atoms. The van der Waals surface area contributed by atoms with E-state index in [1.165, 1.54) is 12.1 Å². The third kappa shape index (κ3) is 1.92. The highest BCUT2D eigenvalue weighted by molar-refractivity contribution is 5.86. The number of aliphatic hydroxyl groups excluding tert-OH is 1. The Labute approximate surface area is 109 Å². The normalized spacial score (nSPS) is 12.7. The van der Waals surface area contributed by atoms with Crippen LogP contribution in [-0.2, 0) is 0 Å². The summed E-state index contributed by atoms with van der Waals surface area (Å²) in [5.74, 6) is 0.0140. The lowest BCUT2D eigenvalue weighted by Crippen LogP contribution is -1.97. The van der Waals surface area contributed by atoms with Gasteiger partial charge in [0.25, 0.3) is 0 Å². The Bertz CT molecular complexity index is 716. The zero-order valence-electron chi connectivity index (χ0n) is 9.95. The molecule has 4 nitrogen and oxygen atoms in total. The summed E-state index contributed by atoms with van der Waals surface area (Å²) in [5, 5.41) is 30.1. The van der Waals surface area contributed by atoms with Gasteiger partial charge in [0.2, 0.25) is 0 Å². The van der Waals surface area contributed by atoms with Crippen molar-refractivity contribution in [3.8, 4) is 11.5 Å². The highest BCUT2D eigenvalue weighted by Gasteiger charge is 2.22. The smallest absolute Gasteiger partial charge is 0.179 e. The summed E-state index contributed by atoms with van der Waals surface area (Å²) in [7, 11) is 0. The van der Waals surface area contributed by atoms with Gasteiger partial charge in [0.15, 0.2) is 11.5 Å². The van der Waals surface area contributed by atoms with Crippen molar-refractivity contribution in [1.82, 2.24) is 0 Å². The van der Waals surface area contributed by atoms with Crippen molar-refractivity contribution >= 4 is 11.0 Å². The Hall–Kier alpha value is -2.46. The Morgan fingerprint density at radius 2 is 1.68 bits per heavy atom. The first kappa shape index (κ1) is 11.6. The summed E-state index contributed by atoms with van der Waals surface area (Å²) in [6.07, 6.45) is -1.05. The van der Waals surface area contributed by atoms with Crippen LogP contribution in [0.15, 0.2) is 52.9 Å². The minimum Gasteiger partial charge on any atom is -0.508 e. The molecule has 96 valence electrons. The average Bonchev–Trinajstić information content (AvgIpc) is 2.75. The maximum atomic E-state index is 10.2. The number of phenolic OH excluding ortho intramolecular Hbond substituents is 1. The molecule has 3 rings (SSSR count). The molecular formula is C15H12O4. The molecule has 3 N–H and O–H groups in total. The summed E-state index contributed by atoms with van der Waals surface area (Å²) in [4.78, 5) is 0. The van der Waals surface area contributed by atoms with Crippen molar-refractivity contribution in [3.63, 3.8) is 0 Å². The topological polar surface area (TPSA) is 73.8 Å². The van der Waals surface area contributed by atoms with E-state index in [1.807, 2.05) is 6.07 Å². The Balaban J connectivity index is 2.13. The third-order valence-electron chi connectivity index (χ3n) is 3.04. The van der Waals surface area contributed by atoms with Crippen molar-refractivity contribution in [2.45, 2.75) is 6.10 Å². The second-order valence-corrected chi connectivity index (χ2v) is 4.31. The van der Waals surface area contributed by atoms with Crippen molar-refractivity contribution < 1.29 is 19.7 Å². The minimum atomic E-state index is -1.05. The van der Waals surface area contributed by atoms with Crippen LogP contribution in [0.4, 0.5) is 0 Å². The molecule has 0 aliphatic carbocycles. The lowest BCUT2D eigenvalue weighted by molar-refractivity contribution is 0.186. The van der Waals surface area contributed by atoms with Crippen LogP contribution in [0, 0.1) is 0 Å². The maximum absolute atomic E-state index is 10.2. The van der Waals surface area contributed by atoms with E-state index in [9.17, 15) is 15.3 Å².